The molecule has 2 aliphatic heterocycles. The van der Waals surface area contributed by atoms with Crippen molar-refractivity contribution in [3.63, 3.8) is 0 Å². The Bertz CT molecular complexity index is 472. The van der Waals surface area contributed by atoms with Crippen molar-refractivity contribution in [1.82, 2.24) is 4.90 Å². The van der Waals surface area contributed by atoms with Gasteiger partial charge in [-0.15, -0.1) is 0 Å². The van der Waals surface area contributed by atoms with Crippen molar-refractivity contribution < 1.29 is 4.74 Å². The molecule has 0 bridgehead atoms. The molecule has 2 saturated heterocycles. The van der Waals surface area contributed by atoms with Crippen LogP contribution in [0, 0.1) is 5.92 Å². The van der Waals surface area contributed by atoms with Gasteiger partial charge < -0.3 is 4.74 Å². The van der Waals surface area contributed by atoms with Crippen molar-refractivity contribution in [3.05, 3.63) is 35.9 Å². The van der Waals surface area contributed by atoms with E-state index in [1.54, 1.807) is 0 Å². The standard InChI is InChI=1S/C20H31NO/c1-16(2)14-22-19-10-12-21-15-20(3,11-9-18(21)13-19)17-7-5-4-6-8-17/h4-8,16,18-19H,9-15H2,1-3H3. The van der Waals surface area contributed by atoms with Crippen molar-refractivity contribution >= 4 is 0 Å². The highest BCUT2D eigenvalue weighted by molar-refractivity contribution is 5.26. The second-order valence-corrected chi connectivity index (χ2v) is 7.96. The van der Waals surface area contributed by atoms with Crippen molar-refractivity contribution in [2.75, 3.05) is 19.7 Å². The molecule has 2 heterocycles. The van der Waals surface area contributed by atoms with Crippen LogP contribution in [0.15, 0.2) is 30.3 Å². The molecular weight excluding hydrogens is 270 g/mol. The fraction of sp³-hybridized carbons (Fsp3) is 0.700. The summed E-state index contributed by atoms with van der Waals surface area (Å²) >= 11 is 0. The minimum absolute atomic E-state index is 0.323. The minimum Gasteiger partial charge on any atom is -0.378 e. The first-order valence-corrected chi connectivity index (χ1v) is 8.98. The summed E-state index contributed by atoms with van der Waals surface area (Å²) in [5.74, 6) is 0.644. The average molecular weight is 301 g/mol. The van der Waals surface area contributed by atoms with Gasteiger partial charge in [0.15, 0.2) is 0 Å². The van der Waals surface area contributed by atoms with Gasteiger partial charge in [0.05, 0.1) is 6.10 Å². The lowest BCUT2D eigenvalue weighted by atomic mass is 9.72. The largest absolute Gasteiger partial charge is 0.378 e. The quantitative estimate of drug-likeness (QED) is 0.824. The molecule has 0 saturated carbocycles. The Labute approximate surface area is 135 Å². The van der Waals surface area contributed by atoms with Gasteiger partial charge in [0.25, 0.3) is 0 Å². The van der Waals surface area contributed by atoms with E-state index in [4.69, 9.17) is 4.74 Å². The summed E-state index contributed by atoms with van der Waals surface area (Å²) in [4.78, 5) is 2.73. The van der Waals surface area contributed by atoms with Gasteiger partial charge in [-0.3, -0.25) is 4.90 Å². The van der Waals surface area contributed by atoms with Crippen LogP contribution in [0.3, 0.4) is 0 Å². The predicted octanol–water partition coefficient (Wildman–Crippen LogP) is 4.24. The van der Waals surface area contributed by atoms with Crippen molar-refractivity contribution in [2.45, 2.75) is 64.0 Å². The van der Waals surface area contributed by atoms with Crippen LogP contribution >= 0.6 is 0 Å². The van der Waals surface area contributed by atoms with E-state index in [1.165, 1.54) is 44.3 Å². The van der Waals surface area contributed by atoms with E-state index in [1.807, 2.05) is 0 Å². The van der Waals surface area contributed by atoms with Crippen molar-refractivity contribution in [3.8, 4) is 0 Å². The predicted molar refractivity (Wildman–Crippen MR) is 92.2 cm³/mol. The van der Waals surface area contributed by atoms with E-state index in [0.29, 0.717) is 17.4 Å². The number of rotatable bonds is 4. The van der Waals surface area contributed by atoms with E-state index >= 15 is 0 Å². The number of nitrogens with zero attached hydrogens (tertiary/aromatic N) is 1. The molecule has 0 aliphatic carbocycles. The van der Waals surface area contributed by atoms with Crippen LogP contribution in [-0.4, -0.2) is 36.7 Å². The number of piperidine rings is 2. The topological polar surface area (TPSA) is 12.5 Å². The highest BCUT2D eigenvalue weighted by Gasteiger charge is 2.40. The van der Waals surface area contributed by atoms with Gasteiger partial charge in [0.2, 0.25) is 0 Å². The monoisotopic (exact) mass is 301 g/mol. The third-order valence-corrected chi connectivity index (χ3v) is 5.51. The highest BCUT2D eigenvalue weighted by Crippen LogP contribution is 2.39. The molecule has 0 amide bonds. The summed E-state index contributed by atoms with van der Waals surface area (Å²) in [6.45, 7) is 10.2. The Morgan fingerprint density at radius 2 is 2.00 bits per heavy atom. The molecule has 122 valence electrons. The van der Waals surface area contributed by atoms with Gasteiger partial charge in [-0.05, 0) is 37.2 Å². The maximum absolute atomic E-state index is 6.10. The SMILES string of the molecule is CC(C)COC1CCN2CC(C)(c3ccccc3)CCC2C1. The highest BCUT2D eigenvalue weighted by atomic mass is 16.5. The molecule has 2 aliphatic rings. The number of fused-ring (bicyclic) bond motifs is 1. The maximum atomic E-state index is 6.10. The molecule has 1 aromatic carbocycles. The normalized spacial score (nSPS) is 32.9. The lowest BCUT2D eigenvalue weighted by Gasteiger charge is -2.49. The van der Waals surface area contributed by atoms with E-state index < -0.39 is 0 Å². The summed E-state index contributed by atoms with van der Waals surface area (Å²) in [7, 11) is 0. The number of hydrogen-bond acceptors (Lipinski definition) is 2. The molecule has 2 heteroatoms. The maximum Gasteiger partial charge on any atom is 0.0602 e. The molecule has 0 N–H and O–H groups in total. The Balaban J connectivity index is 1.60. The van der Waals surface area contributed by atoms with Crippen LogP contribution in [0.4, 0.5) is 0 Å². The Kier molecular flexibility index (Phi) is 4.89. The Morgan fingerprint density at radius 3 is 2.73 bits per heavy atom. The number of ether oxygens (including phenoxy) is 1. The first-order chi connectivity index (χ1) is 10.6. The Morgan fingerprint density at radius 1 is 1.23 bits per heavy atom. The molecule has 1 aromatic rings. The molecule has 0 radical (unpaired) electrons. The summed E-state index contributed by atoms with van der Waals surface area (Å²) in [5.41, 5.74) is 1.83. The smallest absolute Gasteiger partial charge is 0.0602 e. The minimum atomic E-state index is 0.323. The Hall–Kier alpha value is -0.860. The third-order valence-electron chi connectivity index (χ3n) is 5.51. The van der Waals surface area contributed by atoms with Crippen LogP contribution < -0.4 is 0 Å². The first kappa shape index (κ1) is 16.0. The molecule has 0 spiro atoms. The molecular formula is C20H31NO. The van der Waals surface area contributed by atoms with Crippen LogP contribution in [0.25, 0.3) is 0 Å². The van der Waals surface area contributed by atoms with Crippen molar-refractivity contribution in [1.29, 1.82) is 0 Å². The fourth-order valence-electron chi connectivity index (χ4n) is 4.14. The van der Waals surface area contributed by atoms with Gasteiger partial charge in [0, 0.05) is 31.2 Å². The molecule has 2 nitrogen and oxygen atoms in total. The average Bonchev–Trinajstić information content (AvgIpc) is 2.54. The van der Waals surface area contributed by atoms with E-state index in [9.17, 15) is 0 Å². The summed E-state index contributed by atoms with van der Waals surface area (Å²) < 4.78 is 6.10. The van der Waals surface area contributed by atoms with Crippen LogP contribution in [0.5, 0.6) is 0 Å². The van der Waals surface area contributed by atoms with Crippen molar-refractivity contribution in [2.24, 2.45) is 5.92 Å². The molecule has 2 fully saturated rings. The molecule has 3 rings (SSSR count). The van der Waals surface area contributed by atoms with E-state index in [0.717, 1.165) is 12.6 Å². The van der Waals surface area contributed by atoms with E-state index in [2.05, 4.69) is 56.0 Å². The van der Waals surface area contributed by atoms with Gasteiger partial charge in [-0.2, -0.15) is 0 Å². The second kappa shape index (κ2) is 6.72. The second-order valence-electron chi connectivity index (χ2n) is 7.96. The summed E-state index contributed by atoms with van der Waals surface area (Å²) in [5, 5.41) is 0. The fourth-order valence-corrected chi connectivity index (χ4v) is 4.14. The van der Waals surface area contributed by atoms with Crippen LogP contribution in [0.1, 0.15) is 52.0 Å². The molecule has 3 unspecified atom stereocenters. The van der Waals surface area contributed by atoms with Gasteiger partial charge in [-0.25, -0.2) is 0 Å². The molecule has 0 aromatic heterocycles. The third kappa shape index (κ3) is 3.55. The van der Waals surface area contributed by atoms with Crippen LogP contribution in [0.2, 0.25) is 0 Å². The van der Waals surface area contributed by atoms with Gasteiger partial charge in [0.1, 0.15) is 0 Å². The summed E-state index contributed by atoms with van der Waals surface area (Å²) in [6, 6.07) is 11.8. The van der Waals surface area contributed by atoms with Gasteiger partial charge >= 0.3 is 0 Å². The number of benzene rings is 1. The zero-order chi connectivity index (χ0) is 15.6. The lowest BCUT2D eigenvalue weighted by Crippen LogP contribution is -2.54. The van der Waals surface area contributed by atoms with E-state index in [-0.39, 0.29) is 0 Å². The summed E-state index contributed by atoms with van der Waals surface area (Å²) in [6.07, 6.45) is 5.54. The van der Waals surface area contributed by atoms with Crippen LogP contribution in [-0.2, 0) is 10.2 Å². The molecule has 3 atom stereocenters. The van der Waals surface area contributed by atoms with Gasteiger partial charge in [-0.1, -0.05) is 51.1 Å². The number of hydrogen-bond donors (Lipinski definition) is 0. The first-order valence-electron chi connectivity index (χ1n) is 8.98. The zero-order valence-electron chi connectivity index (χ0n) is 14.4. The molecule has 22 heavy (non-hydrogen) atoms. The zero-order valence-corrected chi connectivity index (χ0v) is 14.4. The lowest BCUT2D eigenvalue weighted by molar-refractivity contribution is -0.0438.